The number of aromatic nitrogens is 2. The fourth-order valence-corrected chi connectivity index (χ4v) is 1.84. The maximum Gasteiger partial charge on any atom is 0.376 e. The molecule has 0 aromatic carbocycles. The van der Waals surface area contributed by atoms with Gasteiger partial charge in [0.2, 0.25) is 11.7 Å². The molecule has 1 amide bonds. The van der Waals surface area contributed by atoms with Crippen LogP contribution in [0.3, 0.4) is 0 Å². The van der Waals surface area contributed by atoms with E-state index in [0.717, 1.165) is 13.1 Å². The second kappa shape index (κ2) is 6.80. The number of nitrogens with zero attached hydrogens (tertiary/aromatic N) is 3. The van der Waals surface area contributed by atoms with Crippen LogP contribution in [0.2, 0.25) is 0 Å². The van der Waals surface area contributed by atoms with Crippen molar-refractivity contribution >= 4 is 17.7 Å². The molecule has 2 heterocycles. The van der Waals surface area contributed by atoms with Crippen LogP contribution < -0.4 is 10.6 Å². The van der Waals surface area contributed by atoms with E-state index >= 15 is 0 Å². The van der Waals surface area contributed by atoms with E-state index < -0.39 is 5.97 Å². The van der Waals surface area contributed by atoms with Crippen molar-refractivity contribution in [2.45, 2.75) is 0 Å². The van der Waals surface area contributed by atoms with Gasteiger partial charge >= 0.3 is 5.97 Å². The lowest BCUT2D eigenvalue weighted by Gasteiger charge is -2.27. The Bertz CT molecular complexity index is 488. The average Bonchev–Trinajstić information content (AvgIpc) is 2.53. The number of hydrogen-bond acceptors (Lipinski definition) is 7. The molecule has 0 saturated carbocycles. The predicted octanol–water partition coefficient (Wildman–Crippen LogP) is -0.893. The van der Waals surface area contributed by atoms with E-state index in [2.05, 4.69) is 25.3 Å². The molecule has 8 nitrogen and oxygen atoms in total. The number of hydrogen-bond donors (Lipinski definition) is 2. The molecule has 0 radical (unpaired) electrons. The summed E-state index contributed by atoms with van der Waals surface area (Å²) in [5.41, 5.74) is 0. The summed E-state index contributed by atoms with van der Waals surface area (Å²) < 4.78 is 4.54. The fraction of sp³-hybridized carbons (Fsp3) is 0.500. The van der Waals surface area contributed by atoms with Gasteiger partial charge in [-0.25, -0.2) is 14.8 Å². The molecule has 1 saturated heterocycles. The minimum atomic E-state index is -0.609. The van der Waals surface area contributed by atoms with Gasteiger partial charge in [0.25, 0.3) is 0 Å². The molecule has 108 valence electrons. The molecule has 2 N–H and O–H groups in total. The highest BCUT2D eigenvalue weighted by Gasteiger charge is 2.16. The average molecular weight is 279 g/mol. The van der Waals surface area contributed by atoms with Crippen LogP contribution >= 0.6 is 0 Å². The van der Waals surface area contributed by atoms with E-state index in [1.807, 2.05) is 0 Å². The van der Waals surface area contributed by atoms with Crippen molar-refractivity contribution in [2.75, 3.05) is 45.2 Å². The van der Waals surface area contributed by atoms with E-state index in [-0.39, 0.29) is 18.3 Å². The van der Waals surface area contributed by atoms with Crippen LogP contribution in [0, 0.1) is 0 Å². The van der Waals surface area contributed by atoms with Crippen LogP contribution in [0.25, 0.3) is 0 Å². The molecule has 1 aromatic heterocycles. The van der Waals surface area contributed by atoms with Crippen molar-refractivity contribution in [3.63, 3.8) is 0 Å². The number of ether oxygens (including phenoxy) is 1. The molecule has 1 aliphatic rings. The van der Waals surface area contributed by atoms with Crippen LogP contribution in [0.4, 0.5) is 5.82 Å². The van der Waals surface area contributed by atoms with E-state index in [1.54, 1.807) is 11.0 Å². The first-order valence-corrected chi connectivity index (χ1v) is 6.34. The van der Waals surface area contributed by atoms with E-state index in [4.69, 9.17) is 0 Å². The summed E-state index contributed by atoms with van der Waals surface area (Å²) in [4.78, 5) is 32.8. The maximum atomic E-state index is 11.9. The summed E-state index contributed by atoms with van der Waals surface area (Å²) in [7, 11) is 1.26. The van der Waals surface area contributed by atoms with Gasteiger partial charge in [0.05, 0.1) is 13.7 Å². The van der Waals surface area contributed by atoms with Crippen LogP contribution in [0.15, 0.2) is 12.3 Å². The fourth-order valence-electron chi connectivity index (χ4n) is 1.84. The Balaban J connectivity index is 1.90. The van der Waals surface area contributed by atoms with Gasteiger partial charge in [-0.2, -0.15) is 0 Å². The summed E-state index contributed by atoms with van der Waals surface area (Å²) in [5, 5.41) is 6.07. The Morgan fingerprint density at radius 3 is 2.90 bits per heavy atom. The molecule has 0 bridgehead atoms. The third-order valence-corrected chi connectivity index (χ3v) is 2.91. The molecular weight excluding hydrogens is 262 g/mol. The van der Waals surface area contributed by atoms with Crippen molar-refractivity contribution in [3.05, 3.63) is 18.1 Å². The Morgan fingerprint density at radius 2 is 2.20 bits per heavy atom. The van der Waals surface area contributed by atoms with Crippen molar-refractivity contribution < 1.29 is 14.3 Å². The van der Waals surface area contributed by atoms with Gasteiger partial charge < -0.3 is 20.3 Å². The number of carbonyl (C=O) groups excluding carboxylic acids is 2. The Kier molecular flexibility index (Phi) is 4.83. The monoisotopic (exact) mass is 279 g/mol. The number of piperazine rings is 1. The van der Waals surface area contributed by atoms with Gasteiger partial charge in [-0.3, -0.25) is 4.79 Å². The zero-order chi connectivity index (χ0) is 14.4. The first kappa shape index (κ1) is 14.2. The summed E-state index contributed by atoms with van der Waals surface area (Å²) >= 11 is 0. The van der Waals surface area contributed by atoms with E-state index in [9.17, 15) is 9.59 Å². The third kappa shape index (κ3) is 3.64. The topological polar surface area (TPSA) is 96.4 Å². The van der Waals surface area contributed by atoms with Crippen molar-refractivity contribution in [3.8, 4) is 0 Å². The van der Waals surface area contributed by atoms with Gasteiger partial charge in [-0.1, -0.05) is 0 Å². The third-order valence-electron chi connectivity index (χ3n) is 2.91. The second-order valence-corrected chi connectivity index (χ2v) is 4.24. The standard InChI is InChI=1S/C12H17N5O3/c1-20-12(19)11-14-3-2-9(16-11)15-8-10(18)17-6-4-13-5-7-17/h2-3,13H,4-8H2,1H3,(H,14,15,16). The summed E-state index contributed by atoms with van der Waals surface area (Å²) in [6.45, 7) is 3.17. The van der Waals surface area contributed by atoms with Gasteiger partial charge in [0.1, 0.15) is 5.82 Å². The van der Waals surface area contributed by atoms with Crippen molar-refractivity contribution in [1.29, 1.82) is 0 Å². The van der Waals surface area contributed by atoms with Gasteiger partial charge in [-0.05, 0) is 6.07 Å². The molecule has 1 fully saturated rings. The second-order valence-electron chi connectivity index (χ2n) is 4.24. The van der Waals surface area contributed by atoms with Crippen LogP contribution in [-0.2, 0) is 9.53 Å². The molecular formula is C12H17N5O3. The van der Waals surface area contributed by atoms with Crippen LogP contribution in [0.1, 0.15) is 10.6 Å². The summed E-state index contributed by atoms with van der Waals surface area (Å²) in [6.07, 6.45) is 1.44. The maximum absolute atomic E-state index is 11.9. The molecule has 8 heteroatoms. The van der Waals surface area contributed by atoms with Crippen LogP contribution in [-0.4, -0.2) is 66.6 Å². The highest BCUT2D eigenvalue weighted by molar-refractivity contribution is 5.85. The molecule has 2 rings (SSSR count). The molecule has 1 aliphatic heterocycles. The number of esters is 1. The molecule has 1 aromatic rings. The largest absolute Gasteiger partial charge is 0.463 e. The minimum absolute atomic E-state index is 0.00438. The van der Waals surface area contributed by atoms with Crippen molar-refractivity contribution in [1.82, 2.24) is 20.2 Å². The van der Waals surface area contributed by atoms with E-state index in [1.165, 1.54) is 13.3 Å². The first-order valence-electron chi connectivity index (χ1n) is 6.34. The lowest BCUT2D eigenvalue weighted by molar-refractivity contribution is -0.129. The minimum Gasteiger partial charge on any atom is -0.463 e. The van der Waals surface area contributed by atoms with Gasteiger partial charge in [0, 0.05) is 32.4 Å². The number of rotatable bonds is 4. The lowest BCUT2D eigenvalue weighted by Crippen LogP contribution is -2.48. The summed E-state index contributed by atoms with van der Waals surface area (Å²) in [5.74, 6) is -0.220. The zero-order valence-electron chi connectivity index (χ0n) is 11.3. The highest BCUT2D eigenvalue weighted by Crippen LogP contribution is 2.03. The number of nitrogens with one attached hydrogen (secondary N) is 2. The normalized spacial score (nSPS) is 14.8. The molecule has 0 atom stereocenters. The quantitative estimate of drug-likeness (QED) is 0.690. The predicted molar refractivity (Wildman–Crippen MR) is 71.3 cm³/mol. The summed E-state index contributed by atoms with van der Waals surface area (Å²) in [6, 6.07) is 1.59. The molecule has 20 heavy (non-hydrogen) atoms. The SMILES string of the molecule is COC(=O)c1nccc(NCC(=O)N2CCNCC2)n1. The number of methoxy groups -OCH3 is 1. The smallest absolute Gasteiger partial charge is 0.376 e. The Hall–Kier alpha value is -2.22. The van der Waals surface area contributed by atoms with Gasteiger partial charge in [0.15, 0.2) is 0 Å². The van der Waals surface area contributed by atoms with Crippen LogP contribution in [0.5, 0.6) is 0 Å². The van der Waals surface area contributed by atoms with Gasteiger partial charge in [-0.15, -0.1) is 0 Å². The Labute approximate surface area is 116 Å². The lowest BCUT2D eigenvalue weighted by atomic mass is 10.3. The number of anilines is 1. The molecule has 0 spiro atoms. The Morgan fingerprint density at radius 1 is 1.45 bits per heavy atom. The number of amides is 1. The van der Waals surface area contributed by atoms with Crippen molar-refractivity contribution in [2.24, 2.45) is 0 Å². The molecule has 0 unspecified atom stereocenters. The van der Waals surface area contributed by atoms with E-state index in [0.29, 0.717) is 18.9 Å². The first-order chi connectivity index (χ1) is 9.70. The number of carbonyl (C=O) groups is 2. The molecule has 0 aliphatic carbocycles. The zero-order valence-corrected chi connectivity index (χ0v) is 11.3. The highest BCUT2D eigenvalue weighted by atomic mass is 16.5.